The highest BCUT2D eigenvalue weighted by atomic mass is 16.1. The molecule has 3 aromatic rings. The first-order valence-corrected chi connectivity index (χ1v) is 6.94. The standard InChI is InChI=1S/C17H15N3O2/c1-3-14-10-15-12(2)13(11-21)4-5-16(15)20(14)9-8-19-7-6-18-17(19)22/h1,4-7,10-11H,8-9H2,2H3,(H,18,22). The van der Waals surface area contributed by atoms with Gasteiger partial charge in [0.05, 0.1) is 5.69 Å². The van der Waals surface area contributed by atoms with Gasteiger partial charge in [0.25, 0.3) is 0 Å². The molecule has 1 N–H and O–H groups in total. The van der Waals surface area contributed by atoms with E-state index in [1.807, 2.05) is 23.6 Å². The third-order valence-corrected chi connectivity index (χ3v) is 3.96. The minimum atomic E-state index is -0.141. The number of aldehydes is 1. The normalized spacial score (nSPS) is 10.7. The van der Waals surface area contributed by atoms with Gasteiger partial charge < -0.3 is 9.55 Å². The van der Waals surface area contributed by atoms with Crippen molar-refractivity contribution in [2.75, 3.05) is 0 Å². The summed E-state index contributed by atoms with van der Waals surface area (Å²) in [7, 11) is 0. The summed E-state index contributed by atoms with van der Waals surface area (Å²) >= 11 is 0. The molecule has 22 heavy (non-hydrogen) atoms. The van der Waals surface area contributed by atoms with Crippen LogP contribution < -0.4 is 5.69 Å². The fourth-order valence-corrected chi connectivity index (χ4v) is 2.71. The second kappa shape index (κ2) is 5.41. The molecular formula is C17H15N3O2. The van der Waals surface area contributed by atoms with Crippen LogP contribution in [0.3, 0.4) is 0 Å². The first kappa shape index (κ1) is 14.0. The molecule has 0 bridgehead atoms. The SMILES string of the molecule is C#Cc1cc2c(C)c(C=O)ccc2n1CCn1cc[nH]c1=O. The Morgan fingerprint density at radius 2 is 2.18 bits per heavy atom. The average molecular weight is 293 g/mol. The van der Waals surface area contributed by atoms with Gasteiger partial charge in [-0.1, -0.05) is 5.92 Å². The molecule has 0 aliphatic rings. The van der Waals surface area contributed by atoms with Gasteiger partial charge in [0.15, 0.2) is 0 Å². The van der Waals surface area contributed by atoms with Gasteiger partial charge in [-0.05, 0) is 30.7 Å². The van der Waals surface area contributed by atoms with E-state index in [2.05, 4.69) is 10.9 Å². The predicted octanol–water partition coefficient (Wildman–Crippen LogP) is 1.93. The summed E-state index contributed by atoms with van der Waals surface area (Å²) in [5, 5.41) is 0.971. The maximum Gasteiger partial charge on any atom is 0.325 e. The van der Waals surface area contributed by atoms with Crippen molar-refractivity contribution >= 4 is 17.2 Å². The molecule has 110 valence electrons. The minimum absolute atomic E-state index is 0.141. The molecule has 2 heterocycles. The van der Waals surface area contributed by atoms with Crippen molar-refractivity contribution in [2.24, 2.45) is 0 Å². The Hall–Kier alpha value is -3.00. The highest BCUT2D eigenvalue weighted by Crippen LogP contribution is 2.25. The van der Waals surface area contributed by atoms with E-state index in [4.69, 9.17) is 6.42 Å². The molecule has 0 unspecified atom stereocenters. The van der Waals surface area contributed by atoms with Crippen LogP contribution in [-0.2, 0) is 13.1 Å². The Balaban J connectivity index is 2.07. The second-order valence-electron chi connectivity index (χ2n) is 5.11. The fourth-order valence-electron chi connectivity index (χ4n) is 2.71. The first-order chi connectivity index (χ1) is 10.7. The van der Waals surface area contributed by atoms with Crippen LogP contribution in [0.15, 0.2) is 35.4 Å². The van der Waals surface area contributed by atoms with E-state index >= 15 is 0 Å². The Bertz CT molecular complexity index is 951. The smallest absolute Gasteiger partial charge is 0.325 e. The number of carbonyl (C=O) groups is 1. The summed E-state index contributed by atoms with van der Waals surface area (Å²) in [5.74, 6) is 2.67. The summed E-state index contributed by atoms with van der Waals surface area (Å²) in [6.45, 7) is 3.02. The molecular weight excluding hydrogens is 278 g/mol. The molecule has 5 nitrogen and oxygen atoms in total. The molecule has 0 aliphatic heterocycles. The largest absolute Gasteiger partial charge is 0.332 e. The summed E-state index contributed by atoms with van der Waals surface area (Å²) in [6.07, 6.45) is 9.76. The Morgan fingerprint density at radius 1 is 1.36 bits per heavy atom. The topological polar surface area (TPSA) is 59.8 Å². The molecule has 5 heteroatoms. The molecule has 0 atom stereocenters. The number of H-pyrrole nitrogens is 1. The van der Waals surface area contributed by atoms with E-state index < -0.39 is 0 Å². The van der Waals surface area contributed by atoms with Gasteiger partial charge in [-0.25, -0.2) is 4.79 Å². The van der Waals surface area contributed by atoms with Gasteiger partial charge in [-0.2, -0.15) is 0 Å². The molecule has 2 aromatic heterocycles. The number of aryl methyl sites for hydroxylation is 3. The minimum Gasteiger partial charge on any atom is -0.332 e. The number of hydrogen-bond donors (Lipinski definition) is 1. The number of rotatable bonds is 4. The van der Waals surface area contributed by atoms with Crippen molar-refractivity contribution in [1.82, 2.24) is 14.1 Å². The average Bonchev–Trinajstić information content (AvgIpc) is 3.09. The Labute approximate surface area is 127 Å². The molecule has 0 spiro atoms. The number of hydrogen-bond acceptors (Lipinski definition) is 2. The van der Waals surface area contributed by atoms with Gasteiger partial charge in [0.1, 0.15) is 6.29 Å². The number of carbonyl (C=O) groups excluding carboxylic acids is 1. The number of aromatic nitrogens is 3. The molecule has 0 fully saturated rings. The van der Waals surface area contributed by atoms with E-state index in [1.54, 1.807) is 23.0 Å². The molecule has 0 aliphatic carbocycles. The molecule has 3 rings (SSSR count). The third-order valence-electron chi connectivity index (χ3n) is 3.96. The lowest BCUT2D eigenvalue weighted by atomic mass is 10.1. The third kappa shape index (κ3) is 2.15. The van der Waals surface area contributed by atoms with Crippen LogP contribution in [0.4, 0.5) is 0 Å². The highest BCUT2D eigenvalue weighted by Gasteiger charge is 2.11. The van der Waals surface area contributed by atoms with Crippen molar-refractivity contribution in [2.45, 2.75) is 20.0 Å². The van der Waals surface area contributed by atoms with Crippen LogP contribution in [0, 0.1) is 19.3 Å². The van der Waals surface area contributed by atoms with E-state index in [1.165, 1.54) is 0 Å². The zero-order chi connectivity index (χ0) is 15.7. The lowest BCUT2D eigenvalue weighted by Gasteiger charge is -2.09. The van der Waals surface area contributed by atoms with Gasteiger partial charge >= 0.3 is 5.69 Å². The number of fused-ring (bicyclic) bond motifs is 1. The van der Waals surface area contributed by atoms with Crippen molar-refractivity contribution in [3.8, 4) is 12.3 Å². The zero-order valence-corrected chi connectivity index (χ0v) is 12.2. The van der Waals surface area contributed by atoms with Gasteiger partial charge in [0, 0.05) is 41.9 Å². The molecule has 0 radical (unpaired) electrons. The number of nitrogens with zero attached hydrogens (tertiary/aromatic N) is 2. The fraction of sp³-hybridized carbons (Fsp3) is 0.176. The van der Waals surface area contributed by atoms with E-state index in [0.717, 1.165) is 28.4 Å². The highest BCUT2D eigenvalue weighted by molar-refractivity contribution is 5.92. The Kier molecular flexibility index (Phi) is 3.43. The van der Waals surface area contributed by atoms with Crippen molar-refractivity contribution in [1.29, 1.82) is 0 Å². The van der Waals surface area contributed by atoms with Crippen molar-refractivity contribution in [3.63, 3.8) is 0 Å². The second-order valence-corrected chi connectivity index (χ2v) is 5.11. The van der Waals surface area contributed by atoms with Crippen molar-refractivity contribution < 1.29 is 4.79 Å². The lowest BCUT2D eigenvalue weighted by Crippen LogP contribution is -2.19. The Morgan fingerprint density at radius 3 is 2.82 bits per heavy atom. The molecule has 0 saturated heterocycles. The van der Waals surface area contributed by atoms with Crippen LogP contribution in [0.25, 0.3) is 10.9 Å². The van der Waals surface area contributed by atoms with Gasteiger partial charge in [-0.3, -0.25) is 9.36 Å². The number of nitrogens with one attached hydrogen (secondary N) is 1. The number of benzene rings is 1. The van der Waals surface area contributed by atoms with Crippen LogP contribution in [0.5, 0.6) is 0 Å². The number of terminal acetylenes is 1. The quantitative estimate of drug-likeness (QED) is 0.590. The predicted molar refractivity (Wildman–Crippen MR) is 85.1 cm³/mol. The maximum atomic E-state index is 11.6. The van der Waals surface area contributed by atoms with Crippen LogP contribution in [0.1, 0.15) is 21.6 Å². The monoisotopic (exact) mass is 293 g/mol. The van der Waals surface area contributed by atoms with Gasteiger partial charge in [0.2, 0.25) is 0 Å². The summed E-state index contributed by atoms with van der Waals surface area (Å²) < 4.78 is 3.59. The van der Waals surface area contributed by atoms with E-state index in [9.17, 15) is 9.59 Å². The maximum absolute atomic E-state index is 11.6. The van der Waals surface area contributed by atoms with E-state index in [-0.39, 0.29) is 5.69 Å². The van der Waals surface area contributed by atoms with Crippen molar-refractivity contribution in [3.05, 3.63) is 57.9 Å². The van der Waals surface area contributed by atoms with Gasteiger partial charge in [-0.15, -0.1) is 6.42 Å². The zero-order valence-electron chi connectivity index (χ0n) is 12.2. The summed E-state index contributed by atoms with van der Waals surface area (Å²) in [4.78, 5) is 25.2. The first-order valence-electron chi connectivity index (χ1n) is 6.94. The lowest BCUT2D eigenvalue weighted by molar-refractivity contribution is 0.112. The molecule has 1 aromatic carbocycles. The van der Waals surface area contributed by atoms with E-state index in [0.29, 0.717) is 18.7 Å². The van der Waals surface area contributed by atoms with Crippen LogP contribution in [-0.4, -0.2) is 20.4 Å². The summed E-state index contributed by atoms with van der Waals surface area (Å²) in [6, 6.07) is 5.61. The number of imidazole rings is 1. The van der Waals surface area contributed by atoms with Crippen LogP contribution in [0.2, 0.25) is 0 Å². The molecule has 0 saturated carbocycles. The summed E-state index contributed by atoms with van der Waals surface area (Å²) in [5.41, 5.74) is 3.15. The molecule has 0 amide bonds. The number of aromatic amines is 1. The van der Waals surface area contributed by atoms with Crippen LogP contribution >= 0.6 is 0 Å².